The van der Waals surface area contributed by atoms with Crippen LogP contribution in [0.1, 0.15) is 145 Å². The molecule has 318 valence electrons. The molecule has 1 N–H and O–H groups in total. The highest BCUT2D eigenvalue weighted by atomic mass is 19.2. The van der Waals surface area contributed by atoms with Crippen LogP contribution in [0.4, 0.5) is 26.3 Å². The Kier molecular flexibility index (Phi) is 16.2. The molecule has 6 rings (SSSR count). The number of hydrogen-bond donors (Lipinski definition) is 1. The Morgan fingerprint density at radius 1 is 0.569 bits per heavy atom. The second kappa shape index (κ2) is 21.3. The number of benzene rings is 4. The summed E-state index contributed by atoms with van der Waals surface area (Å²) in [5.74, 6) is -5.60. The third kappa shape index (κ3) is 10.7. The highest BCUT2D eigenvalue weighted by molar-refractivity contribution is 5.87. The molecule has 4 nitrogen and oxygen atoms in total. The van der Waals surface area contributed by atoms with Gasteiger partial charge in [-0.2, -0.15) is 4.39 Å². The zero-order valence-electron chi connectivity index (χ0n) is 34.1. The molecule has 2 fully saturated rings. The Morgan fingerprint density at radius 3 is 1.53 bits per heavy atom. The van der Waals surface area contributed by atoms with Crippen LogP contribution in [0.25, 0.3) is 21.5 Å². The quantitative estimate of drug-likeness (QED) is 0.0713. The van der Waals surface area contributed by atoms with E-state index >= 15 is 8.78 Å². The molecule has 0 heterocycles. The number of halogens is 6. The van der Waals surface area contributed by atoms with Crippen LogP contribution >= 0.6 is 0 Å². The van der Waals surface area contributed by atoms with Crippen molar-refractivity contribution in [3.63, 3.8) is 0 Å². The second-order valence-electron chi connectivity index (χ2n) is 16.7. The molecular formula is C48H60F6O4. The molecule has 0 spiro atoms. The van der Waals surface area contributed by atoms with Crippen molar-refractivity contribution in [2.75, 3.05) is 26.4 Å². The first-order chi connectivity index (χ1) is 28.1. The topological polar surface area (TPSA) is 47.9 Å². The van der Waals surface area contributed by atoms with Gasteiger partial charge in [-0.05, 0) is 142 Å². The monoisotopic (exact) mass is 814 g/mol. The lowest BCUT2D eigenvalue weighted by molar-refractivity contribution is 0.0221. The summed E-state index contributed by atoms with van der Waals surface area (Å²) in [4.78, 5) is 0. The Morgan fingerprint density at radius 2 is 1.05 bits per heavy atom. The molecule has 0 amide bonds. The van der Waals surface area contributed by atoms with Crippen LogP contribution in [0.2, 0.25) is 0 Å². The standard InChI is InChI=1S/C48H60F6O4/c1-3-56-40-29-35-17-23-39(45(51)42(35)48(54)46(40)52)33-14-20-37(21-15-33)58-27-9-5-7-11-31(24-25-55)10-6-4-8-26-57-36-18-12-32(13-19-36)38-22-16-34-28-30(2)43(49)47(53)41(34)44(38)50/h16-17,22-23,28-29,31-33,36-37,55H,3-15,18-21,24-27H2,1-2H3. The largest absolute Gasteiger partial charge is 0.491 e. The lowest BCUT2D eigenvalue weighted by Gasteiger charge is -2.29. The van der Waals surface area contributed by atoms with Crippen molar-refractivity contribution in [1.29, 1.82) is 0 Å². The van der Waals surface area contributed by atoms with Crippen LogP contribution in [0, 0.1) is 47.7 Å². The molecule has 0 radical (unpaired) electrons. The first-order valence-electron chi connectivity index (χ1n) is 21.7. The first kappa shape index (κ1) is 44.2. The molecule has 2 saturated carbocycles. The SMILES string of the molecule is CCOc1cc2ccc(C3CCC(OCCCCCC(CCO)CCCCCOC4CCC(c5ccc6cc(C)c(F)c(F)c6c5F)CC4)CC3)c(F)c2c(F)c1F. The third-order valence-electron chi connectivity index (χ3n) is 12.7. The molecule has 0 bridgehead atoms. The van der Waals surface area contributed by atoms with Crippen LogP contribution in [-0.4, -0.2) is 43.7 Å². The average molecular weight is 815 g/mol. The van der Waals surface area contributed by atoms with Gasteiger partial charge in [0.15, 0.2) is 23.2 Å². The van der Waals surface area contributed by atoms with Gasteiger partial charge in [0.2, 0.25) is 5.82 Å². The Bertz CT molecular complexity index is 1950. The van der Waals surface area contributed by atoms with E-state index in [1.807, 2.05) is 0 Å². The van der Waals surface area contributed by atoms with E-state index in [2.05, 4.69) is 0 Å². The zero-order valence-corrected chi connectivity index (χ0v) is 34.1. The predicted octanol–water partition coefficient (Wildman–Crippen LogP) is 13.4. The first-order valence-corrected chi connectivity index (χ1v) is 21.7. The predicted molar refractivity (Wildman–Crippen MR) is 218 cm³/mol. The fourth-order valence-corrected chi connectivity index (χ4v) is 9.41. The maximum absolute atomic E-state index is 15.5. The maximum atomic E-state index is 15.5. The Labute approximate surface area is 339 Å². The Balaban J connectivity index is 0.815. The normalized spacial score (nSPS) is 20.6. The molecule has 58 heavy (non-hydrogen) atoms. The van der Waals surface area contributed by atoms with Gasteiger partial charge in [-0.3, -0.25) is 0 Å². The van der Waals surface area contributed by atoms with Crippen LogP contribution in [-0.2, 0) is 9.47 Å². The highest BCUT2D eigenvalue weighted by Gasteiger charge is 2.29. The highest BCUT2D eigenvalue weighted by Crippen LogP contribution is 2.41. The van der Waals surface area contributed by atoms with Gasteiger partial charge in [0.1, 0.15) is 11.6 Å². The van der Waals surface area contributed by atoms with Crippen molar-refractivity contribution in [3.05, 3.63) is 88.0 Å². The van der Waals surface area contributed by atoms with Crippen molar-refractivity contribution in [1.82, 2.24) is 0 Å². The number of hydrogen-bond acceptors (Lipinski definition) is 4. The number of ether oxygens (including phenoxy) is 3. The minimum Gasteiger partial charge on any atom is -0.491 e. The summed E-state index contributed by atoms with van der Waals surface area (Å²) in [5.41, 5.74) is 1.07. The van der Waals surface area contributed by atoms with Gasteiger partial charge < -0.3 is 19.3 Å². The van der Waals surface area contributed by atoms with E-state index in [-0.39, 0.29) is 64.7 Å². The minimum atomic E-state index is -1.20. The van der Waals surface area contributed by atoms with E-state index in [1.165, 1.54) is 19.1 Å². The van der Waals surface area contributed by atoms with Crippen LogP contribution in [0.15, 0.2) is 36.4 Å². The lowest BCUT2D eigenvalue weighted by Crippen LogP contribution is -2.22. The van der Waals surface area contributed by atoms with Crippen molar-refractivity contribution >= 4 is 21.5 Å². The maximum Gasteiger partial charge on any atom is 0.201 e. The van der Waals surface area contributed by atoms with E-state index < -0.39 is 34.9 Å². The van der Waals surface area contributed by atoms with Gasteiger partial charge in [0.25, 0.3) is 0 Å². The smallest absolute Gasteiger partial charge is 0.201 e. The van der Waals surface area contributed by atoms with Crippen molar-refractivity contribution in [2.24, 2.45) is 5.92 Å². The molecule has 1 unspecified atom stereocenters. The van der Waals surface area contributed by atoms with Crippen molar-refractivity contribution in [3.8, 4) is 5.75 Å². The number of aliphatic hydroxyl groups is 1. The van der Waals surface area contributed by atoms with E-state index in [4.69, 9.17) is 14.2 Å². The molecule has 10 heteroatoms. The molecule has 0 saturated heterocycles. The number of aliphatic hydroxyl groups excluding tert-OH is 1. The lowest BCUT2D eigenvalue weighted by atomic mass is 9.81. The van der Waals surface area contributed by atoms with E-state index in [0.29, 0.717) is 35.6 Å². The summed E-state index contributed by atoms with van der Waals surface area (Å²) in [6.07, 6.45) is 15.7. The number of rotatable bonds is 20. The molecule has 2 aliphatic carbocycles. The van der Waals surface area contributed by atoms with Gasteiger partial charge in [-0.1, -0.05) is 62.8 Å². The fraction of sp³-hybridized carbons (Fsp3) is 0.583. The van der Waals surface area contributed by atoms with Crippen LogP contribution in [0.5, 0.6) is 5.75 Å². The van der Waals surface area contributed by atoms with E-state index in [9.17, 15) is 22.7 Å². The van der Waals surface area contributed by atoms with Gasteiger partial charge in [-0.25, -0.2) is 22.0 Å². The molecular weight excluding hydrogens is 755 g/mol. The number of aryl methyl sites for hydroxylation is 1. The van der Waals surface area contributed by atoms with Crippen molar-refractivity contribution in [2.45, 2.75) is 147 Å². The van der Waals surface area contributed by atoms with Gasteiger partial charge in [0.05, 0.1) is 29.6 Å². The molecule has 0 aromatic heterocycles. The van der Waals surface area contributed by atoms with Gasteiger partial charge in [0, 0.05) is 19.8 Å². The number of unbranched alkanes of at least 4 members (excludes halogenated alkanes) is 4. The summed E-state index contributed by atoms with van der Waals surface area (Å²) in [7, 11) is 0. The molecule has 4 aromatic rings. The number of fused-ring (bicyclic) bond motifs is 2. The van der Waals surface area contributed by atoms with E-state index in [0.717, 1.165) is 109 Å². The summed E-state index contributed by atoms with van der Waals surface area (Å²) >= 11 is 0. The van der Waals surface area contributed by atoms with E-state index in [1.54, 1.807) is 31.2 Å². The summed E-state index contributed by atoms with van der Waals surface area (Å²) in [6.45, 7) is 4.91. The minimum absolute atomic E-state index is 0.0358. The molecule has 2 aliphatic rings. The van der Waals surface area contributed by atoms with Gasteiger partial charge >= 0.3 is 0 Å². The average Bonchev–Trinajstić information content (AvgIpc) is 3.22. The van der Waals surface area contributed by atoms with Crippen molar-refractivity contribution < 1.29 is 45.7 Å². The second-order valence-corrected chi connectivity index (χ2v) is 16.7. The molecule has 4 aromatic carbocycles. The molecule has 0 aliphatic heterocycles. The Hall–Kier alpha value is -3.34. The van der Waals surface area contributed by atoms with Crippen LogP contribution in [0.3, 0.4) is 0 Å². The molecule has 1 atom stereocenters. The zero-order chi connectivity index (χ0) is 41.2. The summed E-state index contributed by atoms with van der Waals surface area (Å²) < 4.78 is 107. The van der Waals surface area contributed by atoms with Crippen LogP contribution < -0.4 is 4.74 Å². The summed E-state index contributed by atoms with van der Waals surface area (Å²) in [6, 6.07) is 9.61. The third-order valence-corrected chi connectivity index (χ3v) is 12.7. The summed E-state index contributed by atoms with van der Waals surface area (Å²) in [5, 5.41) is 9.75. The fourth-order valence-electron chi connectivity index (χ4n) is 9.41. The van der Waals surface area contributed by atoms with Gasteiger partial charge in [-0.15, -0.1) is 0 Å².